The van der Waals surface area contributed by atoms with Crippen LogP contribution in [0.2, 0.25) is 0 Å². The molecule has 0 N–H and O–H groups in total. The molecular weight excluding hydrogens is 289 g/mol. The molecule has 2 aromatic rings. The highest BCUT2D eigenvalue weighted by Crippen LogP contribution is 2.37. The average Bonchev–Trinajstić information content (AvgIpc) is 2.64. The van der Waals surface area contributed by atoms with Crippen LogP contribution in [0.15, 0.2) is 42.5 Å². The summed E-state index contributed by atoms with van der Waals surface area (Å²) in [5.74, 6) is 0.654. The third-order valence-corrected chi connectivity index (χ3v) is 4.10. The predicted molar refractivity (Wildman–Crippen MR) is 92.2 cm³/mol. The lowest BCUT2D eigenvalue weighted by atomic mass is 9.92. The van der Waals surface area contributed by atoms with Gasteiger partial charge in [0.1, 0.15) is 18.2 Å². The van der Waals surface area contributed by atoms with Crippen molar-refractivity contribution in [2.24, 2.45) is 0 Å². The summed E-state index contributed by atoms with van der Waals surface area (Å²) in [6.45, 7) is 3.49. The van der Waals surface area contributed by atoms with Gasteiger partial charge < -0.3 is 9.64 Å². The van der Waals surface area contributed by atoms with E-state index in [-0.39, 0.29) is 5.82 Å². The maximum atomic E-state index is 13.8. The molecule has 0 spiro atoms. The van der Waals surface area contributed by atoms with E-state index in [1.54, 1.807) is 6.07 Å². The van der Waals surface area contributed by atoms with E-state index in [4.69, 9.17) is 4.74 Å². The lowest BCUT2D eigenvalue weighted by Gasteiger charge is -2.13. The largest absolute Gasteiger partial charge is 0.488 e. The molecule has 0 radical (unpaired) electrons. The Hall–Kier alpha value is -2.13. The van der Waals surface area contributed by atoms with Gasteiger partial charge in [0.15, 0.2) is 0 Å². The number of aryl methyl sites for hydroxylation is 1. The van der Waals surface area contributed by atoms with Crippen LogP contribution in [0.5, 0.6) is 5.75 Å². The second-order valence-electron chi connectivity index (χ2n) is 6.30. The Morgan fingerprint density at radius 1 is 1.13 bits per heavy atom. The summed E-state index contributed by atoms with van der Waals surface area (Å²) in [6.07, 6.45) is 3.11. The van der Waals surface area contributed by atoms with E-state index < -0.39 is 0 Å². The highest BCUT2D eigenvalue weighted by molar-refractivity contribution is 5.85. The molecule has 0 unspecified atom stereocenters. The molecule has 1 aliphatic rings. The van der Waals surface area contributed by atoms with Crippen LogP contribution in [0, 0.1) is 12.7 Å². The molecule has 0 fully saturated rings. The van der Waals surface area contributed by atoms with E-state index >= 15 is 0 Å². The van der Waals surface area contributed by atoms with Crippen molar-refractivity contribution in [3.63, 3.8) is 0 Å². The van der Waals surface area contributed by atoms with Gasteiger partial charge in [-0.05, 0) is 68.4 Å². The highest BCUT2D eigenvalue weighted by atomic mass is 19.1. The third kappa shape index (κ3) is 3.45. The summed E-state index contributed by atoms with van der Waals surface area (Å²) in [7, 11) is 4.11. The standard InChI is InChI=1S/C20H22FNO/c1-14-6-9-20-19(11-14)17(5-4-10-22(2)3)18-12-16(21)8-7-15(18)13-23-20/h5-9,11-12H,4,10,13H2,1-3H3/b17-5+. The second-order valence-corrected chi connectivity index (χ2v) is 6.30. The zero-order valence-electron chi connectivity index (χ0n) is 13.9. The monoisotopic (exact) mass is 311 g/mol. The molecule has 3 rings (SSSR count). The molecule has 0 saturated heterocycles. The van der Waals surface area contributed by atoms with Gasteiger partial charge in [-0.25, -0.2) is 4.39 Å². The minimum Gasteiger partial charge on any atom is -0.488 e. The van der Waals surface area contributed by atoms with Gasteiger partial charge in [0.05, 0.1) is 0 Å². The van der Waals surface area contributed by atoms with E-state index in [0.717, 1.165) is 41.0 Å². The van der Waals surface area contributed by atoms with E-state index in [1.807, 2.05) is 18.2 Å². The van der Waals surface area contributed by atoms with Gasteiger partial charge in [0.25, 0.3) is 0 Å². The number of ether oxygens (including phenoxy) is 1. The number of rotatable bonds is 3. The van der Waals surface area contributed by atoms with Crippen LogP contribution in [-0.4, -0.2) is 25.5 Å². The van der Waals surface area contributed by atoms with E-state index in [0.29, 0.717) is 6.61 Å². The van der Waals surface area contributed by atoms with Crippen LogP contribution in [0.25, 0.3) is 5.57 Å². The molecule has 0 aromatic heterocycles. The molecule has 0 saturated carbocycles. The Labute approximate surface area is 137 Å². The smallest absolute Gasteiger partial charge is 0.127 e. The molecule has 120 valence electrons. The van der Waals surface area contributed by atoms with Gasteiger partial charge in [-0.2, -0.15) is 0 Å². The fraction of sp³-hybridized carbons (Fsp3) is 0.300. The van der Waals surface area contributed by atoms with Crippen LogP contribution in [0.3, 0.4) is 0 Å². The first-order valence-corrected chi connectivity index (χ1v) is 7.92. The molecular formula is C20H22FNO. The number of halogens is 1. The summed E-state index contributed by atoms with van der Waals surface area (Å²) in [5, 5.41) is 0. The van der Waals surface area contributed by atoms with Crippen molar-refractivity contribution < 1.29 is 9.13 Å². The SMILES string of the molecule is Cc1ccc2c(c1)/C(=C/CCN(C)C)c1cc(F)ccc1CO2. The molecule has 1 aliphatic heterocycles. The molecule has 23 heavy (non-hydrogen) atoms. The Balaban J connectivity index is 2.13. The van der Waals surface area contributed by atoms with Crippen molar-refractivity contribution in [2.45, 2.75) is 20.0 Å². The third-order valence-electron chi connectivity index (χ3n) is 4.10. The maximum absolute atomic E-state index is 13.8. The number of hydrogen-bond acceptors (Lipinski definition) is 2. The van der Waals surface area contributed by atoms with Crippen molar-refractivity contribution in [1.82, 2.24) is 4.90 Å². The summed E-state index contributed by atoms with van der Waals surface area (Å²) < 4.78 is 19.8. The molecule has 3 heteroatoms. The second kappa shape index (κ2) is 6.55. The van der Waals surface area contributed by atoms with Gasteiger partial charge in [-0.15, -0.1) is 0 Å². The summed E-state index contributed by atoms with van der Waals surface area (Å²) in [4.78, 5) is 2.15. The maximum Gasteiger partial charge on any atom is 0.127 e. The first kappa shape index (κ1) is 15.8. The Bertz CT molecular complexity index is 694. The van der Waals surface area contributed by atoms with Crippen molar-refractivity contribution >= 4 is 5.57 Å². The van der Waals surface area contributed by atoms with Gasteiger partial charge >= 0.3 is 0 Å². The Morgan fingerprint density at radius 3 is 2.74 bits per heavy atom. The van der Waals surface area contributed by atoms with Crippen molar-refractivity contribution in [1.29, 1.82) is 0 Å². The molecule has 0 amide bonds. The minimum atomic E-state index is -0.210. The topological polar surface area (TPSA) is 12.5 Å². The zero-order valence-corrected chi connectivity index (χ0v) is 13.9. The Kier molecular flexibility index (Phi) is 4.49. The normalized spacial score (nSPS) is 15.1. The first-order valence-electron chi connectivity index (χ1n) is 7.92. The van der Waals surface area contributed by atoms with Crippen molar-refractivity contribution in [3.8, 4) is 5.75 Å². The van der Waals surface area contributed by atoms with Gasteiger partial charge in [-0.3, -0.25) is 0 Å². The van der Waals surface area contributed by atoms with Crippen LogP contribution >= 0.6 is 0 Å². The Morgan fingerprint density at radius 2 is 1.96 bits per heavy atom. The molecule has 0 bridgehead atoms. The average molecular weight is 311 g/mol. The van der Waals surface area contributed by atoms with Crippen LogP contribution < -0.4 is 4.74 Å². The molecule has 1 heterocycles. The zero-order chi connectivity index (χ0) is 16.4. The molecule has 0 atom stereocenters. The summed E-state index contributed by atoms with van der Waals surface area (Å²) in [6, 6.07) is 11.1. The highest BCUT2D eigenvalue weighted by Gasteiger charge is 2.19. The molecule has 2 aromatic carbocycles. The van der Waals surface area contributed by atoms with Gasteiger partial charge in [-0.1, -0.05) is 23.8 Å². The summed E-state index contributed by atoms with van der Waals surface area (Å²) in [5.41, 5.74) is 5.25. The van der Waals surface area contributed by atoms with Crippen molar-refractivity contribution in [2.75, 3.05) is 20.6 Å². The van der Waals surface area contributed by atoms with Crippen molar-refractivity contribution in [3.05, 3.63) is 70.5 Å². The minimum absolute atomic E-state index is 0.210. The van der Waals surface area contributed by atoms with Crippen LogP contribution in [0.1, 0.15) is 28.7 Å². The number of benzene rings is 2. The van der Waals surface area contributed by atoms with E-state index in [2.05, 4.69) is 38.1 Å². The van der Waals surface area contributed by atoms with E-state index in [1.165, 1.54) is 11.6 Å². The lowest BCUT2D eigenvalue weighted by Crippen LogP contribution is -2.12. The van der Waals surface area contributed by atoms with E-state index in [9.17, 15) is 4.39 Å². The summed E-state index contributed by atoms with van der Waals surface area (Å²) >= 11 is 0. The van der Waals surface area contributed by atoms with Crippen LogP contribution in [-0.2, 0) is 6.61 Å². The number of fused-ring (bicyclic) bond motifs is 2. The quantitative estimate of drug-likeness (QED) is 0.832. The van der Waals surface area contributed by atoms with Crippen LogP contribution in [0.4, 0.5) is 4.39 Å². The van der Waals surface area contributed by atoms with Gasteiger partial charge in [0, 0.05) is 12.1 Å². The number of nitrogens with zero attached hydrogens (tertiary/aromatic N) is 1. The first-order chi connectivity index (χ1) is 11.0. The lowest BCUT2D eigenvalue weighted by molar-refractivity contribution is 0.307. The fourth-order valence-electron chi connectivity index (χ4n) is 2.89. The number of hydrogen-bond donors (Lipinski definition) is 0. The predicted octanol–water partition coefficient (Wildman–Crippen LogP) is 4.41. The fourth-order valence-corrected chi connectivity index (χ4v) is 2.89. The van der Waals surface area contributed by atoms with Gasteiger partial charge in [0.2, 0.25) is 0 Å². The molecule has 2 nitrogen and oxygen atoms in total. The molecule has 0 aliphatic carbocycles.